The topological polar surface area (TPSA) is 98.9 Å². The average Bonchev–Trinajstić information content (AvgIpc) is 3.25. The minimum absolute atomic E-state index is 0.140. The lowest BCUT2D eigenvalue weighted by Gasteiger charge is -2.40. The van der Waals surface area contributed by atoms with Crippen LogP contribution in [0.5, 0.6) is 0 Å². The zero-order valence-corrected chi connectivity index (χ0v) is 22.0. The summed E-state index contributed by atoms with van der Waals surface area (Å²) < 4.78 is 17.9. The fraction of sp³-hybridized carbons (Fsp3) is 0.393. The number of aryl methyl sites for hydroxylation is 1. The van der Waals surface area contributed by atoms with Crippen molar-refractivity contribution in [3.8, 4) is 17.1 Å². The second kappa shape index (κ2) is 9.94. The number of aromatic nitrogens is 4. The van der Waals surface area contributed by atoms with Gasteiger partial charge in [0.2, 0.25) is 0 Å². The number of hydrogen-bond donors (Lipinski definition) is 2. The van der Waals surface area contributed by atoms with E-state index in [1.807, 2.05) is 75.0 Å². The Balaban J connectivity index is 1.49. The highest BCUT2D eigenvalue weighted by Crippen LogP contribution is 2.42. The maximum Gasteiger partial charge on any atom is 0.154 e. The lowest BCUT2D eigenvalue weighted by Crippen LogP contribution is -2.46. The molecule has 0 amide bonds. The molecule has 3 heterocycles. The van der Waals surface area contributed by atoms with E-state index in [0.29, 0.717) is 5.92 Å². The van der Waals surface area contributed by atoms with Crippen molar-refractivity contribution in [1.82, 2.24) is 24.5 Å². The third kappa shape index (κ3) is 5.04. The molecule has 0 aliphatic heterocycles. The smallest absolute Gasteiger partial charge is 0.154 e. The van der Waals surface area contributed by atoms with E-state index >= 15 is 0 Å². The van der Waals surface area contributed by atoms with Gasteiger partial charge in [-0.25, -0.2) is 9.67 Å². The van der Waals surface area contributed by atoms with Crippen LogP contribution in [0, 0.1) is 18.8 Å². The van der Waals surface area contributed by atoms with Gasteiger partial charge in [0, 0.05) is 34.6 Å². The zero-order chi connectivity index (χ0) is 25.4. The van der Waals surface area contributed by atoms with Gasteiger partial charge >= 0.3 is 0 Å². The van der Waals surface area contributed by atoms with Gasteiger partial charge in [0.15, 0.2) is 5.82 Å². The molecule has 0 bridgehead atoms. The molecular weight excluding hydrogens is 470 g/mol. The summed E-state index contributed by atoms with van der Waals surface area (Å²) in [6.07, 6.45) is 3.65. The summed E-state index contributed by atoms with van der Waals surface area (Å²) in [6.45, 7) is 8.07. The summed E-state index contributed by atoms with van der Waals surface area (Å²) in [5.41, 5.74) is 4.61. The lowest BCUT2D eigenvalue weighted by molar-refractivity contribution is 0.0866. The van der Waals surface area contributed by atoms with E-state index in [1.165, 1.54) is 0 Å². The third-order valence-electron chi connectivity index (χ3n) is 6.84. The number of fused-ring (bicyclic) bond motifs is 1. The molecule has 5 rings (SSSR count). The molecule has 7 nitrogen and oxygen atoms in total. The second-order valence-electron chi connectivity index (χ2n) is 10.7. The largest absolute Gasteiger partial charge is 0.598 e. The van der Waals surface area contributed by atoms with Crippen molar-refractivity contribution in [2.75, 3.05) is 6.61 Å². The average molecular weight is 504 g/mol. The summed E-state index contributed by atoms with van der Waals surface area (Å²) >= 11 is -1.23. The Morgan fingerprint density at radius 1 is 1.11 bits per heavy atom. The van der Waals surface area contributed by atoms with Gasteiger partial charge in [-0.05, 0) is 82.7 Å². The van der Waals surface area contributed by atoms with Gasteiger partial charge in [-0.15, -0.1) is 4.72 Å². The number of aliphatic hydroxyl groups excluding tert-OH is 1. The first-order chi connectivity index (χ1) is 17.2. The van der Waals surface area contributed by atoms with Crippen LogP contribution in [0.3, 0.4) is 0 Å². The van der Waals surface area contributed by atoms with Gasteiger partial charge in [0.1, 0.15) is 4.75 Å². The van der Waals surface area contributed by atoms with Gasteiger partial charge in [0.05, 0.1) is 29.1 Å². The summed E-state index contributed by atoms with van der Waals surface area (Å²) in [4.78, 5) is 9.67. The molecule has 188 valence electrons. The van der Waals surface area contributed by atoms with Crippen LogP contribution in [0.2, 0.25) is 0 Å². The molecule has 2 atom stereocenters. The summed E-state index contributed by atoms with van der Waals surface area (Å²) in [5, 5.41) is 15.1. The fourth-order valence-corrected chi connectivity index (χ4v) is 5.59. The van der Waals surface area contributed by atoms with Crippen LogP contribution in [0.4, 0.5) is 0 Å². The molecule has 36 heavy (non-hydrogen) atoms. The van der Waals surface area contributed by atoms with Crippen molar-refractivity contribution < 1.29 is 9.66 Å². The Morgan fingerprint density at radius 3 is 2.61 bits per heavy atom. The number of nitrogens with zero attached hydrogens (tertiary/aromatic N) is 4. The van der Waals surface area contributed by atoms with Crippen LogP contribution in [-0.4, -0.2) is 40.8 Å². The minimum Gasteiger partial charge on any atom is -0.598 e. The van der Waals surface area contributed by atoms with E-state index < -0.39 is 11.4 Å². The number of hydrogen-bond acceptors (Lipinski definition) is 6. The van der Waals surface area contributed by atoms with E-state index in [0.717, 1.165) is 52.2 Å². The van der Waals surface area contributed by atoms with E-state index in [4.69, 9.17) is 4.98 Å². The maximum atomic E-state index is 13.0. The minimum atomic E-state index is -1.23. The van der Waals surface area contributed by atoms with Crippen molar-refractivity contribution in [2.45, 2.75) is 51.3 Å². The van der Waals surface area contributed by atoms with E-state index in [1.54, 1.807) is 0 Å². The molecule has 8 heteroatoms. The molecule has 0 unspecified atom stereocenters. The molecular formula is C28H33N5O2S. The second-order valence-corrected chi connectivity index (χ2v) is 12.7. The van der Waals surface area contributed by atoms with Gasteiger partial charge in [0.25, 0.3) is 0 Å². The number of pyridine rings is 2. The van der Waals surface area contributed by atoms with E-state index in [9.17, 15) is 9.66 Å². The van der Waals surface area contributed by atoms with Crippen LogP contribution in [-0.2, 0) is 11.4 Å². The number of rotatable bonds is 7. The normalized spacial score (nSPS) is 19.7. The fourth-order valence-electron chi connectivity index (χ4n) is 4.69. The lowest BCUT2D eigenvalue weighted by atomic mass is 9.71. The Kier molecular flexibility index (Phi) is 6.87. The van der Waals surface area contributed by atoms with Crippen molar-refractivity contribution in [2.24, 2.45) is 11.8 Å². The first-order valence-corrected chi connectivity index (χ1v) is 13.6. The number of aliphatic hydroxyl groups is 1. The Bertz CT molecular complexity index is 1360. The first-order valence-electron chi connectivity index (χ1n) is 12.4. The molecule has 1 aliphatic carbocycles. The van der Waals surface area contributed by atoms with Crippen LogP contribution < -0.4 is 4.72 Å². The molecule has 1 aromatic carbocycles. The molecule has 0 spiro atoms. The van der Waals surface area contributed by atoms with Gasteiger partial charge in [-0.1, -0.05) is 24.3 Å². The van der Waals surface area contributed by atoms with Gasteiger partial charge in [-0.3, -0.25) is 4.98 Å². The monoisotopic (exact) mass is 503 g/mol. The van der Waals surface area contributed by atoms with Gasteiger partial charge < -0.3 is 9.66 Å². The zero-order valence-electron chi connectivity index (χ0n) is 21.2. The van der Waals surface area contributed by atoms with Gasteiger partial charge in [-0.2, -0.15) is 5.10 Å². The van der Waals surface area contributed by atoms with Crippen LogP contribution in [0.25, 0.3) is 28.0 Å². The molecule has 2 N–H and O–H groups in total. The van der Waals surface area contributed by atoms with Crippen molar-refractivity contribution >= 4 is 22.3 Å². The van der Waals surface area contributed by atoms with Crippen molar-refractivity contribution in [3.63, 3.8) is 0 Å². The Hall–Kier alpha value is -2.78. The predicted octanol–water partition coefficient (Wildman–Crippen LogP) is 4.90. The van der Waals surface area contributed by atoms with Crippen LogP contribution >= 0.6 is 0 Å². The highest BCUT2D eigenvalue weighted by atomic mass is 32.2. The van der Waals surface area contributed by atoms with Crippen molar-refractivity contribution in [1.29, 1.82) is 0 Å². The maximum absolute atomic E-state index is 13.0. The quantitative estimate of drug-likeness (QED) is 0.348. The molecule has 1 aliphatic rings. The number of nitrogens with one attached hydrogen (secondary N) is 1. The highest BCUT2D eigenvalue weighted by molar-refractivity contribution is 7.90. The van der Waals surface area contributed by atoms with E-state index in [-0.39, 0.29) is 23.3 Å². The molecule has 4 aromatic rings. The Morgan fingerprint density at radius 2 is 1.89 bits per heavy atom. The number of benzene rings is 1. The Labute approximate surface area is 215 Å². The molecule has 1 fully saturated rings. The predicted molar refractivity (Wildman–Crippen MR) is 144 cm³/mol. The molecule has 0 radical (unpaired) electrons. The van der Waals surface area contributed by atoms with Crippen LogP contribution in [0.1, 0.15) is 51.0 Å². The standard InChI is InChI=1S/C28H33N5O2S/c1-18-7-5-10-26(30-18)33-25-15-20(11-12-21(25)16-29-33)23-8-6-9-24(31-23)27(22-13-19(14-22)17-34)32-36(35)28(2,3)4/h5-12,15-16,19,22,27,32,34H,13-14,17H2,1-4H3/t19?,22?,27-,36+/m0/s1. The molecule has 3 aromatic heterocycles. The van der Waals surface area contributed by atoms with Crippen LogP contribution in [0.15, 0.2) is 60.8 Å². The SMILES string of the molecule is Cc1cccc(-n2ncc3ccc(-c4cccc([C@@H](N[S@+]([O-])C(C)(C)C)C5CC(CO)C5)n4)cc32)n1. The molecule has 1 saturated carbocycles. The first kappa shape index (κ1) is 24.9. The highest BCUT2D eigenvalue weighted by Gasteiger charge is 2.40. The molecule has 0 saturated heterocycles. The summed E-state index contributed by atoms with van der Waals surface area (Å²) in [6, 6.07) is 18.0. The summed E-state index contributed by atoms with van der Waals surface area (Å²) in [7, 11) is 0. The van der Waals surface area contributed by atoms with Crippen molar-refractivity contribution in [3.05, 3.63) is 72.2 Å². The van der Waals surface area contributed by atoms with E-state index in [2.05, 4.69) is 33.0 Å². The summed E-state index contributed by atoms with van der Waals surface area (Å²) in [5.74, 6) is 1.37. The third-order valence-corrected chi connectivity index (χ3v) is 8.42.